The van der Waals surface area contributed by atoms with Gasteiger partial charge in [-0.1, -0.05) is 93.5 Å². The molecule has 0 saturated carbocycles. The summed E-state index contributed by atoms with van der Waals surface area (Å²) < 4.78 is 1.95. The highest BCUT2D eigenvalue weighted by Gasteiger charge is 2.22. The van der Waals surface area contributed by atoms with Gasteiger partial charge in [-0.05, 0) is 47.5 Å². The Morgan fingerprint density at radius 1 is 1.00 bits per heavy atom. The van der Waals surface area contributed by atoms with E-state index in [1.165, 1.54) is 21.9 Å². The van der Waals surface area contributed by atoms with E-state index in [1.54, 1.807) is 6.21 Å². The molecule has 0 aliphatic rings. The second kappa shape index (κ2) is 8.65. The number of benzene rings is 4. The Morgan fingerprint density at radius 3 is 2.62 bits per heavy atom. The summed E-state index contributed by atoms with van der Waals surface area (Å²) in [5, 5.41) is 8.42. The molecule has 0 N–H and O–H groups in total. The molecule has 32 heavy (non-hydrogen) atoms. The Hall–Kier alpha value is -3.35. The van der Waals surface area contributed by atoms with Gasteiger partial charge in [-0.25, -0.2) is 4.98 Å². The van der Waals surface area contributed by atoms with Crippen molar-refractivity contribution in [3.63, 3.8) is 0 Å². The van der Waals surface area contributed by atoms with E-state index in [9.17, 15) is 4.79 Å². The number of rotatable bonds is 4. The molecule has 0 spiro atoms. The molecule has 5 rings (SSSR count). The highest BCUT2D eigenvalue weighted by atomic mass is 79.9. The molecule has 0 atom stereocenters. The molecule has 0 saturated heterocycles. The van der Waals surface area contributed by atoms with Crippen LogP contribution in [-0.4, -0.2) is 17.1 Å². The standard InChI is InChI=1S/C26H18BrN3OS/c1-17-9-11-18(12-10-17)16-28-30(26-29-23-14-13-20(27)15-24(23)32-26)25(31)22-8-4-6-19-5-2-3-7-21(19)22/h2-16H,1H3/b28-16+. The summed E-state index contributed by atoms with van der Waals surface area (Å²) in [7, 11) is 0. The molecule has 1 amide bonds. The summed E-state index contributed by atoms with van der Waals surface area (Å²) in [5.41, 5.74) is 3.50. The molecule has 4 nitrogen and oxygen atoms in total. The number of fused-ring (bicyclic) bond motifs is 2. The van der Waals surface area contributed by atoms with Crippen molar-refractivity contribution in [1.82, 2.24) is 4.98 Å². The van der Waals surface area contributed by atoms with E-state index in [0.717, 1.165) is 31.0 Å². The maximum absolute atomic E-state index is 13.7. The fourth-order valence-corrected chi connectivity index (χ4v) is 4.94. The molecule has 0 fully saturated rings. The zero-order valence-corrected chi connectivity index (χ0v) is 19.6. The number of aryl methyl sites for hydroxylation is 1. The molecule has 0 unspecified atom stereocenters. The van der Waals surface area contributed by atoms with Crippen LogP contribution < -0.4 is 5.01 Å². The van der Waals surface area contributed by atoms with Gasteiger partial charge < -0.3 is 0 Å². The number of hydrogen-bond acceptors (Lipinski definition) is 4. The molecule has 0 aliphatic heterocycles. The smallest absolute Gasteiger partial charge is 0.267 e. The second-order valence-corrected chi connectivity index (χ2v) is 9.33. The summed E-state index contributed by atoms with van der Waals surface area (Å²) >= 11 is 4.94. The third kappa shape index (κ3) is 4.07. The average molecular weight is 500 g/mol. The van der Waals surface area contributed by atoms with Gasteiger partial charge in [0.25, 0.3) is 5.91 Å². The lowest BCUT2D eigenvalue weighted by atomic mass is 10.0. The molecule has 0 aliphatic carbocycles. The Bertz CT molecular complexity index is 1470. The van der Waals surface area contributed by atoms with Crippen LogP contribution in [-0.2, 0) is 0 Å². The van der Waals surface area contributed by atoms with Crippen LogP contribution in [0.25, 0.3) is 21.0 Å². The highest BCUT2D eigenvalue weighted by Crippen LogP contribution is 2.32. The van der Waals surface area contributed by atoms with Crippen LogP contribution in [0.5, 0.6) is 0 Å². The minimum atomic E-state index is -0.219. The largest absolute Gasteiger partial charge is 0.281 e. The van der Waals surface area contributed by atoms with Gasteiger partial charge in [-0.2, -0.15) is 10.1 Å². The zero-order valence-electron chi connectivity index (χ0n) is 17.2. The third-order valence-corrected chi connectivity index (χ3v) is 6.62. The number of thiazole rings is 1. The minimum Gasteiger partial charge on any atom is -0.267 e. The number of nitrogens with zero attached hydrogens (tertiary/aromatic N) is 3. The molecular formula is C26H18BrN3OS. The summed E-state index contributed by atoms with van der Waals surface area (Å²) in [6.07, 6.45) is 1.70. The van der Waals surface area contributed by atoms with Crippen LogP contribution in [0, 0.1) is 6.92 Å². The molecule has 4 aromatic carbocycles. The molecule has 0 radical (unpaired) electrons. The highest BCUT2D eigenvalue weighted by molar-refractivity contribution is 9.10. The van der Waals surface area contributed by atoms with E-state index in [4.69, 9.17) is 4.98 Å². The monoisotopic (exact) mass is 499 g/mol. The number of amides is 1. The fourth-order valence-electron chi connectivity index (χ4n) is 3.47. The molecule has 5 aromatic rings. The summed E-state index contributed by atoms with van der Waals surface area (Å²) in [5.74, 6) is -0.219. The normalized spacial score (nSPS) is 11.4. The van der Waals surface area contributed by atoms with E-state index in [0.29, 0.717) is 10.7 Å². The Labute approximate surface area is 198 Å². The molecule has 0 bridgehead atoms. The van der Waals surface area contributed by atoms with Crippen LogP contribution in [0.3, 0.4) is 0 Å². The van der Waals surface area contributed by atoms with Gasteiger partial charge in [-0.3, -0.25) is 4.79 Å². The topological polar surface area (TPSA) is 45.6 Å². The summed E-state index contributed by atoms with van der Waals surface area (Å²) in [6, 6.07) is 27.5. The number of halogens is 1. The van der Waals surface area contributed by atoms with E-state index < -0.39 is 0 Å². The van der Waals surface area contributed by atoms with E-state index >= 15 is 0 Å². The van der Waals surface area contributed by atoms with Gasteiger partial charge in [0.15, 0.2) is 0 Å². The lowest BCUT2D eigenvalue weighted by molar-refractivity contribution is 0.0989. The van der Waals surface area contributed by atoms with Gasteiger partial charge in [0, 0.05) is 10.0 Å². The number of hydrazone groups is 1. The fraction of sp³-hybridized carbons (Fsp3) is 0.0385. The number of carbonyl (C=O) groups is 1. The van der Waals surface area contributed by atoms with Gasteiger partial charge in [-0.15, -0.1) is 0 Å². The second-order valence-electron chi connectivity index (χ2n) is 7.41. The predicted molar refractivity (Wildman–Crippen MR) is 137 cm³/mol. The Kier molecular flexibility index (Phi) is 5.55. The average Bonchev–Trinajstić information content (AvgIpc) is 3.22. The molecule has 1 heterocycles. The molecule has 1 aromatic heterocycles. The first-order valence-corrected chi connectivity index (χ1v) is 11.7. The van der Waals surface area contributed by atoms with E-state index in [1.807, 2.05) is 91.9 Å². The molecule has 156 valence electrons. The van der Waals surface area contributed by atoms with Crippen molar-refractivity contribution in [3.8, 4) is 0 Å². The maximum atomic E-state index is 13.7. The zero-order chi connectivity index (χ0) is 22.1. The van der Waals surface area contributed by atoms with Crippen molar-refractivity contribution in [2.24, 2.45) is 5.10 Å². The first kappa shape index (κ1) is 20.5. The summed E-state index contributed by atoms with van der Waals surface area (Å²) in [4.78, 5) is 18.4. The van der Waals surface area contributed by atoms with Gasteiger partial charge in [0.1, 0.15) is 0 Å². The molecule has 6 heteroatoms. The third-order valence-electron chi connectivity index (χ3n) is 5.13. The van der Waals surface area contributed by atoms with Crippen LogP contribution in [0.2, 0.25) is 0 Å². The number of aromatic nitrogens is 1. The van der Waals surface area contributed by atoms with Crippen molar-refractivity contribution < 1.29 is 4.79 Å². The quantitative estimate of drug-likeness (QED) is 0.194. The number of carbonyl (C=O) groups excluding carboxylic acids is 1. The Balaban J connectivity index is 1.62. The van der Waals surface area contributed by atoms with Gasteiger partial charge in [0.05, 0.1) is 16.4 Å². The lowest BCUT2D eigenvalue weighted by Crippen LogP contribution is -2.25. The summed E-state index contributed by atoms with van der Waals surface area (Å²) in [6.45, 7) is 2.04. The van der Waals surface area contributed by atoms with Crippen molar-refractivity contribution >= 4 is 65.5 Å². The van der Waals surface area contributed by atoms with Crippen LogP contribution in [0.4, 0.5) is 5.13 Å². The van der Waals surface area contributed by atoms with Crippen LogP contribution in [0.1, 0.15) is 21.5 Å². The molecular weight excluding hydrogens is 482 g/mol. The Morgan fingerprint density at radius 2 is 1.78 bits per heavy atom. The van der Waals surface area contributed by atoms with Crippen LogP contribution in [0.15, 0.2) is 94.5 Å². The first-order valence-electron chi connectivity index (χ1n) is 10.1. The lowest BCUT2D eigenvalue weighted by Gasteiger charge is -2.15. The van der Waals surface area contributed by atoms with Crippen molar-refractivity contribution in [2.75, 3.05) is 5.01 Å². The predicted octanol–water partition coefficient (Wildman–Crippen LogP) is 7.20. The SMILES string of the molecule is Cc1ccc(/C=N/N(C(=O)c2cccc3ccccc23)c2nc3ccc(Br)cc3s2)cc1. The van der Waals surface area contributed by atoms with E-state index in [2.05, 4.69) is 21.0 Å². The number of hydrogen-bond donors (Lipinski definition) is 0. The maximum Gasteiger partial charge on any atom is 0.281 e. The van der Waals surface area contributed by atoms with Gasteiger partial charge in [0.2, 0.25) is 5.13 Å². The van der Waals surface area contributed by atoms with Crippen LogP contribution >= 0.6 is 27.3 Å². The van der Waals surface area contributed by atoms with Crippen molar-refractivity contribution in [3.05, 3.63) is 106 Å². The van der Waals surface area contributed by atoms with Crippen molar-refractivity contribution in [1.29, 1.82) is 0 Å². The first-order chi connectivity index (χ1) is 15.6. The number of anilines is 1. The van der Waals surface area contributed by atoms with Crippen molar-refractivity contribution in [2.45, 2.75) is 6.92 Å². The van der Waals surface area contributed by atoms with Gasteiger partial charge >= 0.3 is 0 Å². The van der Waals surface area contributed by atoms with E-state index in [-0.39, 0.29) is 5.91 Å². The minimum absolute atomic E-state index is 0.219.